The number of aromatic nitrogens is 2. The summed E-state index contributed by atoms with van der Waals surface area (Å²) >= 11 is 0. The Bertz CT molecular complexity index is 2680. The maximum atomic E-state index is 13.3. The Morgan fingerprint density at radius 3 is 1.69 bits per heavy atom. The monoisotopic (exact) mass is 786 g/mol. The molecule has 24 heteroatoms. The smallest absolute Gasteiger partial charge is 0.293 e. The van der Waals surface area contributed by atoms with Crippen molar-refractivity contribution in [2.45, 2.75) is 33.4 Å². The topological polar surface area (TPSA) is 322 Å². The number of H-pyrrole nitrogens is 1. The third-order valence-electron chi connectivity index (χ3n) is 6.72. The summed E-state index contributed by atoms with van der Waals surface area (Å²) in [4.78, 5) is 47.5. The van der Waals surface area contributed by atoms with Gasteiger partial charge in [-0.15, -0.1) is 0 Å². The van der Waals surface area contributed by atoms with Crippen LogP contribution in [0.5, 0.6) is 0 Å². The van der Waals surface area contributed by atoms with Crippen molar-refractivity contribution in [2.24, 2.45) is 5.10 Å². The summed E-state index contributed by atoms with van der Waals surface area (Å²) in [6, 6.07) is 3.52. The lowest BCUT2D eigenvalue weighted by Crippen LogP contribution is -2.24. The fourth-order valence-corrected chi connectivity index (χ4v) is 6.80. The second-order valence-corrected chi connectivity index (χ2v) is 15.8. The Morgan fingerprint density at radius 2 is 1.22 bits per heavy atom. The van der Waals surface area contributed by atoms with E-state index in [1.54, 1.807) is 0 Å². The molecule has 270 valence electrons. The largest absolute Gasteiger partial charge is 0.296 e. The van der Waals surface area contributed by atoms with E-state index in [2.05, 4.69) is 10.2 Å². The number of hydrogen-bond donors (Lipinski definition) is 5. The maximum absolute atomic E-state index is 13.3. The zero-order chi connectivity index (χ0) is 38.4. The Labute approximate surface area is 287 Å². The number of anilines is 1. The number of hydrazone groups is 1. The number of rotatable bonds is 11. The van der Waals surface area contributed by atoms with Gasteiger partial charge in [-0.3, -0.25) is 42.5 Å². The SMILES string of the molecule is CC(=O)C1=NN(c2cc(S(=O)(=O)O)ccc2S(=O)(=O)O)C(=O)\C1=C/C=C/C=C/c1c(C(C)=O)[nH]n(-c2cc(S(=O)(=O)O)ccc2S(=O)(=O)O)c1=O. The summed E-state index contributed by atoms with van der Waals surface area (Å²) in [7, 11) is -20.1. The molecule has 5 N–H and O–H groups in total. The van der Waals surface area contributed by atoms with Gasteiger partial charge in [-0.25, -0.2) is 4.68 Å². The van der Waals surface area contributed by atoms with Gasteiger partial charge in [0.25, 0.3) is 51.9 Å². The van der Waals surface area contributed by atoms with E-state index in [1.165, 1.54) is 0 Å². The number of nitrogens with one attached hydrogen (secondary N) is 1. The number of hydrogen-bond acceptors (Lipinski definition) is 13. The first-order chi connectivity index (χ1) is 23.3. The van der Waals surface area contributed by atoms with Crippen LogP contribution >= 0.6 is 0 Å². The van der Waals surface area contributed by atoms with Gasteiger partial charge in [0.2, 0.25) is 0 Å². The normalized spacial score (nSPS) is 15.3. The fraction of sp³-hybridized carbons (Fsp3) is 0.0741. The first-order valence-corrected chi connectivity index (χ1v) is 19.1. The molecule has 0 fully saturated rings. The van der Waals surface area contributed by atoms with Crippen molar-refractivity contribution >= 4 is 75.4 Å². The maximum Gasteiger partial charge on any atom is 0.296 e. The van der Waals surface area contributed by atoms with E-state index in [0.29, 0.717) is 46.1 Å². The lowest BCUT2D eigenvalue weighted by molar-refractivity contribution is -0.115. The highest BCUT2D eigenvalue weighted by atomic mass is 32.2. The number of carbonyl (C=O) groups excluding carboxylic acids is 3. The zero-order valence-electron chi connectivity index (χ0n) is 25.5. The number of carbonyl (C=O) groups is 3. The van der Waals surface area contributed by atoms with Crippen LogP contribution in [0.1, 0.15) is 29.9 Å². The number of benzene rings is 2. The molecule has 1 aliphatic rings. The van der Waals surface area contributed by atoms with Gasteiger partial charge in [-0.2, -0.15) is 43.8 Å². The molecular formula is C27H22N4O16S4. The van der Waals surface area contributed by atoms with E-state index in [0.717, 1.165) is 44.2 Å². The van der Waals surface area contributed by atoms with E-state index in [4.69, 9.17) is 0 Å². The minimum Gasteiger partial charge on any atom is -0.293 e. The van der Waals surface area contributed by atoms with Crippen molar-refractivity contribution in [1.82, 2.24) is 9.78 Å². The van der Waals surface area contributed by atoms with Crippen molar-refractivity contribution in [3.63, 3.8) is 0 Å². The molecule has 2 aromatic carbocycles. The number of aromatic amines is 1. The predicted molar refractivity (Wildman–Crippen MR) is 174 cm³/mol. The van der Waals surface area contributed by atoms with Crippen molar-refractivity contribution in [3.05, 3.63) is 87.9 Å². The Hall–Kier alpha value is -5.21. The molecule has 0 spiro atoms. The second kappa shape index (κ2) is 13.5. The quantitative estimate of drug-likeness (QED) is 0.0778. The molecule has 3 aromatic rings. The summed E-state index contributed by atoms with van der Waals surface area (Å²) in [6.07, 6.45) is 5.45. The van der Waals surface area contributed by atoms with Gasteiger partial charge in [-0.1, -0.05) is 18.2 Å². The van der Waals surface area contributed by atoms with Gasteiger partial charge in [-0.05, 0) is 48.6 Å². The standard InChI is InChI=1S/C27H22N4O16S4/c1-14(32)24-18(26(34)30(28-24)20-12-16(48(36,37)38)8-10-22(20)50(42,43)44)6-4-3-5-7-19-25(15(2)33)29-31(27(19)35)21-13-17(49(39,40)41)9-11-23(21)51(45,46)47/h3-13,28H,1-2H3,(H,36,37,38)(H,39,40,41)(H,42,43,44)(H,45,46,47)/b5-3+,6-4+,19-7-. The third kappa shape index (κ3) is 8.07. The molecule has 51 heavy (non-hydrogen) atoms. The van der Waals surface area contributed by atoms with Gasteiger partial charge in [0.1, 0.15) is 21.2 Å². The second-order valence-electron chi connectivity index (χ2n) is 10.2. The van der Waals surface area contributed by atoms with Crippen molar-refractivity contribution in [3.8, 4) is 5.69 Å². The molecule has 1 amide bonds. The van der Waals surface area contributed by atoms with Crippen LogP contribution in [-0.2, 0) is 50.1 Å². The lowest BCUT2D eigenvalue weighted by atomic mass is 10.1. The predicted octanol–water partition coefficient (Wildman–Crippen LogP) is 0.843. The molecule has 4 rings (SSSR count). The summed E-state index contributed by atoms with van der Waals surface area (Å²) < 4.78 is 133. The Morgan fingerprint density at radius 1 is 0.706 bits per heavy atom. The van der Waals surface area contributed by atoms with Gasteiger partial charge in [0.05, 0.1) is 32.3 Å². The van der Waals surface area contributed by atoms with Crippen LogP contribution in [0.4, 0.5) is 5.69 Å². The highest BCUT2D eigenvalue weighted by Crippen LogP contribution is 2.33. The number of nitrogens with zero attached hydrogens (tertiary/aromatic N) is 3. The van der Waals surface area contributed by atoms with Gasteiger partial charge >= 0.3 is 0 Å². The number of allylic oxidation sites excluding steroid dienone is 4. The molecule has 20 nitrogen and oxygen atoms in total. The molecule has 1 aromatic heterocycles. The Balaban J connectivity index is 1.77. The van der Waals surface area contributed by atoms with E-state index < -0.39 is 117 Å². The van der Waals surface area contributed by atoms with E-state index in [9.17, 15) is 71.1 Å². The minimum absolute atomic E-state index is 0.309. The molecule has 0 radical (unpaired) electrons. The van der Waals surface area contributed by atoms with Crippen LogP contribution in [0, 0.1) is 0 Å². The molecular weight excluding hydrogens is 765 g/mol. The first kappa shape index (κ1) is 38.6. The lowest BCUT2D eigenvalue weighted by Gasteiger charge is -2.15. The molecule has 0 saturated heterocycles. The van der Waals surface area contributed by atoms with Crippen LogP contribution in [-0.4, -0.2) is 84.8 Å². The van der Waals surface area contributed by atoms with E-state index >= 15 is 0 Å². The highest BCUT2D eigenvalue weighted by molar-refractivity contribution is 7.87. The average Bonchev–Trinajstić information content (AvgIpc) is 3.51. The van der Waals surface area contributed by atoms with Crippen LogP contribution in [0.15, 0.2) is 95.8 Å². The summed E-state index contributed by atoms with van der Waals surface area (Å²) in [6.45, 7) is 2.01. The summed E-state index contributed by atoms with van der Waals surface area (Å²) in [5, 5.41) is 6.39. The summed E-state index contributed by atoms with van der Waals surface area (Å²) in [5.74, 6) is -2.76. The fourth-order valence-electron chi connectivity index (χ4n) is 4.49. The van der Waals surface area contributed by atoms with Crippen molar-refractivity contribution < 1.29 is 66.3 Å². The van der Waals surface area contributed by atoms with E-state index in [-0.39, 0.29) is 0 Å². The zero-order valence-corrected chi connectivity index (χ0v) is 28.8. The third-order valence-corrected chi connectivity index (χ3v) is 10.2. The van der Waals surface area contributed by atoms with Crippen molar-refractivity contribution in [1.29, 1.82) is 0 Å². The van der Waals surface area contributed by atoms with Crippen LogP contribution in [0.3, 0.4) is 0 Å². The average molecular weight is 787 g/mol. The van der Waals surface area contributed by atoms with Gasteiger partial charge < -0.3 is 0 Å². The molecule has 0 aliphatic carbocycles. The Kier molecular flexibility index (Phi) is 10.2. The highest BCUT2D eigenvalue weighted by Gasteiger charge is 2.36. The number of amides is 1. The van der Waals surface area contributed by atoms with Gasteiger partial charge in [0, 0.05) is 13.8 Å². The van der Waals surface area contributed by atoms with Crippen LogP contribution in [0.25, 0.3) is 11.8 Å². The number of Topliss-reactive ketones (excluding diaryl/α,β-unsaturated/α-hetero) is 2. The molecule has 0 atom stereocenters. The van der Waals surface area contributed by atoms with Crippen LogP contribution in [0.2, 0.25) is 0 Å². The number of ketones is 2. The summed E-state index contributed by atoms with van der Waals surface area (Å²) in [5.41, 5.74) is -4.57. The molecule has 0 unspecified atom stereocenters. The molecule has 0 bridgehead atoms. The first-order valence-electron chi connectivity index (χ1n) is 13.4. The van der Waals surface area contributed by atoms with E-state index in [1.807, 2.05) is 0 Å². The van der Waals surface area contributed by atoms with Gasteiger partial charge in [0.15, 0.2) is 11.6 Å². The molecule has 1 aliphatic heterocycles. The minimum atomic E-state index is -5.11. The molecule has 2 heterocycles. The van der Waals surface area contributed by atoms with Crippen LogP contribution < -0.4 is 10.6 Å². The molecule has 0 saturated carbocycles. The van der Waals surface area contributed by atoms with Crippen molar-refractivity contribution in [2.75, 3.05) is 5.01 Å².